The van der Waals surface area contributed by atoms with Crippen LogP contribution in [0.25, 0.3) is 43.9 Å². The van der Waals surface area contributed by atoms with E-state index in [9.17, 15) is 14.0 Å². The van der Waals surface area contributed by atoms with Crippen molar-refractivity contribution in [1.29, 1.82) is 0 Å². The van der Waals surface area contributed by atoms with Gasteiger partial charge in [-0.05, 0) is 49.2 Å². The van der Waals surface area contributed by atoms with Crippen molar-refractivity contribution in [3.05, 3.63) is 83.4 Å². The number of carbonyl (C=O) groups is 2. The predicted octanol–water partition coefficient (Wildman–Crippen LogP) is 6.27. The molecule has 7 rings (SSSR count). The highest BCUT2D eigenvalue weighted by atomic mass is 32.1. The number of nitrogens with zero attached hydrogens (tertiary/aromatic N) is 5. The molecule has 13 heteroatoms. The minimum absolute atomic E-state index is 0.0111. The van der Waals surface area contributed by atoms with Gasteiger partial charge in [-0.25, -0.2) is 13.8 Å². The fourth-order valence-electron chi connectivity index (χ4n) is 6.60. The Balaban J connectivity index is 1.48. The molecule has 5 aromatic rings. The zero-order chi connectivity index (χ0) is 34.4. The monoisotopic (exact) mass is 684 g/mol. The van der Waals surface area contributed by atoms with Crippen LogP contribution >= 0.6 is 11.3 Å². The van der Waals surface area contributed by atoms with Gasteiger partial charge in [-0.1, -0.05) is 18.7 Å². The summed E-state index contributed by atoms with van der Waals surface area (Å²) >= 11 is 1.40. The van der Waals surface area contributed by atoms with Crippen LogP contribution in [-0.4, -0.2) is 76.8 Å². The van der Waals surface area contributed by atoms with Crippen molar-refractivity contribution in [1.82, 2.24) is 24.6 Å². The molecule has 0 radical (unpaired) electrons. The summed E-state index contributed by atoms with van der Waals surface area (Å²) in [5.41, 5.74) is 5.08. The van der Waals surface area contributed by atoms with Crippen molar-refractivity contribution in [2.24, 2.45) is 0 Å². The second-order valence-electron chi connectivity index (χ2n) is 12.1. The van der Waals surface area contributed by atoms with Gasteiger partial charge in [-0.3, -0.25) is 19.2 Å². The van der Waals surface area contributed by atoms with E-state index in [1.165, 1.54) is 24.5 Å². The molecule has 2 aromatic carbocycles. The van der Waals surface area contributed by atoms with Gasteiger partial charge < -0.3 is 19.7 Å². The number of thiophene rings is 1. The van der Waals surface area contributed by atoms with E-state index in [1.54, 1.807) is 4.90 Å². The Morgan fingerprint density at radius 1 is 1.10 bits per heavy atom. The summed E-state index contributed by atoms with van der Waals surface area (Å²) in [5.74, 6) is -1.88. The number of fused-ring (bicyclic) bond motifs is 3. The van der Waals surface area contributed by atoms with Crippen LogP contribution in [0, 0.1) is 11.6 Å². The first-order valence-electron chi connectivity index (χ1n) is 15.8. The van der Waals surface area contributed by atoms with Crippen molar-refractivity contribution in [2.75, 3.05) is 45.8 Å². The average Bonchev–Trinajstić information content (AvgIpc) is 3.70. The fourth-order valence-corrected chi connectivity index (χ4v) is 7.55. The summed E-state index contributed by atoms with van der Waals surface area (Å²) in [5, 5.41) is 10.6. The summed E-state index contributed by atoms with van der Waals surface area (Å²) in [7, 11) is 3.41. The highest BCUT2D eigenvalue weighted by Crippen LogP contribution is 2.47. The molecule has 2 aliphatic heterocycles. The normalized spacial score (nSPS) is 16.2. The number of benzene rings is 2. The lowest BCUT2D eigenvalue weighted by atomic mass is 9.95. The van der Waals surface area contributed by atoms with Gasteiger partial charge in [0.25, 0.3) is 0 Å². The number of aromatic nitrogens is 3. The Labute approximate surface area is 285 Å². The third kappa shape index (κ3) is 5.98. The van der Waals surface area contributed by atoms with Crippen LogP contribution in [0.5, 0.6) is 5.75 Å². The molecule has 49 heavy (non-hydrogen) atoms. The van der Waals surface area contributed by atoms with E-state index in [1.807, 2.05) is 59.3 Å². The number of hydrogen-bond acceptors (Lipinski definition) is 8. The molecule has 0 spiro atoms. The maximum atomic E-state index is 16.1. The van der Waals surface area contributed by atoms with E-state index in [-0.39, 0.29) is 48.9 Å². The summed E-state index contributed by atoms with van der Waals surface area (Å²) < 4.78 is 44.4. The van der Waals surface area contributed by atoms with Gasteiger partial charge in [0.15, 0.2) is 0 Å². The second kappa shape index (κ2) is 13.1. The predicted molar refractivity (Wildman–Crippen MR) is 184 cm³/mol. The molecule has 1 atom stereocenters. The molecular weight excluding hydrogens is 650 g/mol. The van der Waals surface area contributed by atoms with Gasteiger partial charge in [-0.15, -0.1) is 11.3 Å². The number of halogens is 2. The van der Waals surface area contributed by atoms with Gasteiger partial charge in [0.2, 0.25) is 11.8 Å². The number of likely N-dealkylation sites (N-methyl/N-ethyl adjacent to an activating group) is 1. The first kappa shape index (κ1) is 32.6. The first-order valence-corrected chi connectivity index (χ1v) is 16.7. The van der Waals surface area contributed by atoms with Crippen LogP contribution in [0.1, 0.15) is 24.2 Å². The summed E-state index contributed by atoms with van der Waals surface area (Å²) in [4.78, 5) is 34.1. The summed E-state index contributed by atoms with van der Waals surface area (Å²) in [6, 6.07) is 11.3. The zero-order valence-electron chi connectivity index (χ0n) is 27.3. The fraction of sp³-hybridized carbons (Fsp3) is 0.278. The van der Waals surface area contributed by atoms with Crippen molar-refractivity contribution < 1.29 is 27.8 Å². The molecule has 2 amide bonds. The minimum atomic E-state index is -0.810. The van der Waals surface area contributed by atoms with E-state index in [2.05, 4.69) is 11.9 Å². The topological polar surface area (TPSA) is 102 Å². The van der Waals surface area contributed by atoms with Crippen LogP contribution in [0.4, 0.5) is 14.5 Å². The third-order valence-electron chi connectivity index (χ3n) is 8.89. The van der Waals surface area contributed by atoms with Gasteiger partial charge in [0.05, 0.1) is 42.7 Å². The molecule has 2 aliphatic rings. The number of methoxy groups -OCH3 is 1. The van der Waals surface area contributed by atoms with Crippen LogP contribution in [0.15, 0.2) is 60.5 Å². The van der Waals surface area contributed by atoms with E-state index in [4.69, 9.17) is 19.6 Å². The minimum Gasteiger partial charge on any atom is -0.490 e. The average molecular weight is 685 g/mol. The number of rotatable bonds is 8. The zero-order valence-corrected chi connectivity index (χ0v) is 28.1. The number of hydrogen-bond donors (Lipinski definition) is 1. The maximum absolute atomic E-state index is 16.1. The van der Waals surface area contributed by atoms with Gasteiger partial charge in [0, 0.05) is 59.2 Å². The van der Waals surface area contributed by atoms with Crippen molar-refractivity contribution in [3.63, 3.8) is 0 Å². The Bertz CT molecular complexity index is 2130. The van der Waals surface area contributed by atoms with E-state index in [0.29, 0.717) is 52.7 Å². The number of anilines is 1. The molecule has 3 aromatic heterocycles. The molecule has 0 aliphatic carbocycles. The largest absolute Gasteiger partial charge is 0.490 e. The maximum Gasteiger partial charge on any atom is 0.246 e. The lowest BCUT2D eigenvalue weighted by Crippen LogP contribution is -2.40. The van der Waals surface area contributed by atoms with Crippen molar-refractivity contribution in [2.45, 2.75) is 26.1 Å². The summed E-state index contributed by atoms with van der Waals surface area (Å²) in [6.07, 6.45) is 1.30. The van der Waals surface area contributed by atoms with E-state index in [0.717, 1.165) is 34.3 Å². The number of carbonyl (C=O) groups excluding carboxylic acids is 2. The molecule has 0 saturated heterocycles. The van der Waals surface area contributed by atoms with Crippen molar-refractivity contribution in [3.8, 4) is 39.5 Å². The Hall–Kier alpha value is -4.98. The number of amides is 2. The molecule has 5 heterocycles. The third-order valence-corrected chi connectivity index (χ3v) is 9.82. The molecule has 10 nitrogen and oxygen atoms in total. The molecule has 0 bridgehead atoms. The Kier molecular flexibility index (Phi) is 8.73. The Morgan fingerprint density at radius 2 is 1.94 bits per heavy atom. The SMILES string of the molecule is C=CC(=O)N1CCn2nc(-c3nc(-c4ccc5c(c4)NC(=O)CN(C)C5)c4ccsc4c3-c3c(F)cc(F)cc3OCCOC)cc2C1C. The Morgan fingerprint density at radius 3 is 2.73 bits per heavy atom. The first-order chi connectivity index (χ1) is 23.7. The lowest BCUT2D eigenvalue weighted by Gasteiger charge is -2.33. The van der Waals surface area contributed by atoms with Gasteiger partial charge in [0.1, 0.15) is 35.4 Å². The molecule has 0 fully saturated rings. The lowest BCUT2D eigenvalue weighted by molar-refractivity contribution is -0.129. The number of nitrogens with one attached hydrogen (secondary N) is 1. The van der Waals surface area contributed by atoms with E-state index < -0.39 is 11.6 Å². The van der Waals surface area contributed by atoms with Crippen LogP contribution < -0.4 is 10.1 Å². The highest BCUT2D eigenvalue weighted by molar-refractivity contribution is 7.18. The van der Waals surface area contributed by atoms with Gasteiger partial charge in [-0.2, -0.15) is 5.10 Å². The molecule has 1 N–H and O–H groups in total. The van der Waals surface area contributed by atoms with Crippen molar-refractivity contribution >= 4 is 38.9 Å². The standard InChI is InChI=1S/C36H34F2N6O4S/c1-5-31(46)43-9-10-44-28(20(43)2)17-27(41-44)35-33(32-25(38)15-23(37)16-29(32)48-12-11-47-4)36-24(8-13-49-36)34(40-35)21-6-7-22-18-42(3)19-30(45)39-26(22)14-21/h5-8,13-17,20H,1,9-12,18-19H2,2-4H3,(H,39,45). The molecule has 252 valence electrons. The number of pyridine rings is 1. The summed E-state index contributed by atoms with van der Waals surface area (Å²) in [6.45, 7) is 7.60. The molecular formula is C36H34F2N6O4S. The second-order valence-corrected chi connectivity index (χ2v) is 13.0. The van der Waals surface area contributed by atoms with Crippen LogP contribution in [-0.2, 0) is 27.4 Å². The van der Waals surface area contributed by atoms with Gasteiger partial charge >= 0.3 is 0 Å². The molecule has 1 unspecified atom stereocenters. The molecule has 0 saturated carbocycles. The number of ether oxygens (including phenoxy) is 2. The highest BCUT2D eigenvalue weighted by Gasteiger charge is 2.31. The van der Waals surface area contributed by atoms with Crippen LogP contribution in [0.3, 0.4) is 0 Å². The smallest absolute Gasteiger partial charge is 0.246 e. The quantitative estimate of drug-likeness (QED) is 0.152. The van der Waals surface area contributed by atoms with E-state index >= 15 is 4.39 Å². The van der Waals surface area contributed by atoms with Crippen LogP contribution in [0.2, 0.25) is 0 Å².